The summed E-state index contributed by atoms with van der Waals surface area (Å²) in [6.07, 6.45) is 1.84. The summed E-state index contributed by atoms with van der Waals surface area (Å²) in [5, 5.41) is 9.15. The fraction of sp³-hybridized carbons (Fsp3) is 0.133. The summed E-state index contributed by atoms with van der Waals surface area (Å²) in [5.74, 6) is 0. The lowest BCUT2D eigenvalue weighted by molar-refractivity contribution is 0.690. The van der Waals surface area contributed by atoms with Crippen molar-refractivity contribution in [2.45, 2.75) is 13.1 Å². The molecule has 2 aromatic carbocycles. The van der Waals surface area contributed by atoms with Gasteiger partial charge < -0.3 is 5.32 Å². The fourth-order valence-corrected chi connectivity index (χ4v) is 2.59. The van der Waals surface area contributed by atoms with Crippen molar-refractivity contribution < 1.29 is 0 Å². The highest BCUT2D eigenvalue weighted by molar-refractivity contribution is 7.09. The van der Waals surface area contributed by atoms with Crippen LogP contribution in [0.25, 0.3) is 10.8 Å². The summed E-state index contributed by atoms with van der Waals surface area (Å²) in [7, 11) is 0. The molecule has 0 spiro atoms. The lowest BCUT2D eigenvalue weighted by Gasteiger charge is -2.05. The minimum absolute atomic E-state index is 0.838. The summed E-state index contributed by atoms with van der Waals surface area (Å²) in [4.78, 5) is 4.25. The van der Waals surface area contributed by atoms with E-state index in [9.17, 15) is 0 Å². The molecule has 0 unspecified atom stereocenters. The van der Waals surface area contributed by atoms with E-state index in [1.807, 2.05) is 11.6 Å². The summed E-state index contributed by atoms with van der Waals surface area (Å²) in [5.41, 5.74) is 1.31. The highest BCUT2D eigenvalue weighted by Crippen LogP contribution is 2.15. The first-order chi connectivity index (χ1) is 8.92. The lowest BCUT2D eigenvalue weighted by atomic mass is 10.1. The van der Waals surface area contributed by atoms with Gasteiger partial charge in [-0.25, -0.2) is 4.98 Å². The lowest BCUT2D eigenvalue weighted by Crippen LogP contribution is -2.12. The van der Waals surface area contributed by atoms with Crippen molar-refractivity contribution in [3.8, 4) is 0 Å². The first-order valence-corrected chi connectivity index (χ1v) is 6.86. The van der Waals surface area contributed by atoms with Gasteiger partial charge in [-0.2, -0.15) is 0 Å². The monoisotopic (exact) mass is 254 g/mol. The van der Waals surface area contributed by atoms with E-state index in [1.165, 1.54) is 16.3 Å². The van der Waals surface area contributed by atoms with E-state index in [4.69, 9.17) is 0 Å². The number of rotatable bonds is 4. The highest BCUT2D eigenvalue weighted by atomic mass is 32.1. The maximum atomic E-state index is 4.25. The van der Waals surface area contributed by atoms with Gasteiger partial charge in [0.05, 0.1) is 0 Å². The Morgan fingerprint density at radius 1 is 1.00 bits per heavy atom. The first-order valence-electron chi connectivity index (χ1n) is 5.98. The molecular formula is C15H14N2S. The Hall–Kier alpha value is -1.71. The van der Waals surface area contributed by atoms with Crippen LogP contribution in [0.1, 0.15) is 10.6 Å². The Morgan fingerprint density at radius 3 is 2.72 bits per heavy atom. The van der Waals surface area contributed by atoms with E-state index in [1.54, 1.807) is 11.3 Å². The van der Waals surface area contributed by atoms with Gasteiger partial charge in [0.2, 0.25) is 0 Å². The maximum absolute atomic E-state index is 4.25. The molecule has 0 bridgehead atoms. The Morgan fingerprint density at radius 2 is 1.89 bits per heavy atom. The molecule has 90 valence electrons. The van der Waals surface area contributed by atoms with Gasteiger partial charge in [0.1, 0.15) is 5.01 Å². The van der Waals surface area contributed by atoms with E-state index < -0.39 is 0 Å². The van der Waals surface area contributed by atoms with Gasteiger partial charge >= 0.3 is 0 Å². The van der Waals surface area contributed by atoms with Crippen molar-refractivity contribution >= 4 is 22.1 Å². The zero-order valence-corrected chi connectivity index (χ0v) is 10.8. The van der Waals surface area contributed by atoms with Crippen LogP contribution in [0.15, 0.2) is 54.0 Å². The molecule has 1 aromatic heterocycles. The molecule has 1 heterocycles. The molecule has 0 fully saturated rings. The zero-order valence-electron chi connectivity index (χ0n) is 9.97. The molecule has 3 heteroatoms. The number of nitrogens with zero attached hydrogens (tertiary/aromatic N) is 1. The van der Waals surface area contributed by atoms with Gasteiger partial charge in [-0.1, -0.05) is 36.4 Å². The van der Waals surface area contributed by atoms with Gasteiger partial charge in [-0.05, 0) is 22.4 Å². The van der Waals surface area contributed by atoms with Crippen LogP contribution in [0.4, 0.5) is 0 Å². The molecule has 18 heavy (non-hydrogen) atoms. The van der Waals surface area contributed by atoms with E-state index in [-0.39, 0.29) is 0 Å². The van der Waals surface area contributed by atoms with Crippen molar-refractivity contribution in [1.29, 1.82) is 0 Å². The van der Waals surface area contributed by atoms with Crippen LogP contribution in [0, 0.1) is 0 Å². The molecule has 0 radical (unpaired) electrons. The topological polar surface area (TPSA) is 24.9 Å². The van der Waals surface area contributed by atoms with Crippen molar-refractivity contribution in [3.63, 3.8) is 0 Å². The van der Waals surface area contributed by atoms with Crippen molar-refractivity contribution in [1.82, 2.24) is 10.3 Å². The van der Waals surface area contributed by atoms with Crippen LogP contribution in [-0.2, 0) is 13.1 Å². The third kappa shape index (κ3) is 2.58. The largest absolute Gasteiger partial charge is 0.306 e. The summed E-state index contributed by atoms with van der Waals surface area (Å²) in [6, 6.07) is 15.0. The second-order valence-electron chi connectivity index (χ2n) is 4.21. The van der Waals surface area contributed by atoms with Gasteiger partial charge in [-0.15, -0.1) is 11.3 Å². The number of thiazole rings is 1. The highest BCUT2D eigenvalue weighted by Gasteiger charge is 1.98. The summed E-state index contributed by atoms with van der Waals surface area (Å²) >= 11 is 1.69. The van der Waals surface area contributed by atoms with Crippen LogP contribution in [0.5, 0.6) is 0 Å². The number of aromatic nitrogens is 1. The molecule has 3 aromatic rings. The Bertz CT molecular complexity index is 632. The van der Waals surface area contributed by atoms with Crippen LogP contribution in [0.3, 0.4) is 0 Å². The second kappa shape index (κ2) is 5.29. The number of benzene rings is 2. The normalized spacial score (nSPS) is 10.9. The molecule has 1 N–H and O–H groups in total. The standard InChI is InChI=1S/C15H14N2S/c1-2-4-14-9-12(5-6-13(14)3-1)10-16-11-15-17-7-8-18-15/h1-9,16H,10-11H2. The summed E-state index contributed by atoms with van der Waals surface area (Å²) in [6.45, 7) is 1.72. The maximum Gasteiger partial charge on any atom is 0.106 e. The Labute approximate surface area is 110 Å². The van der Waals surface area contributed by atoms with Crippen molar-refractivity contribution in [3.05, 3.63) is 64.6 Å². The minimum atomic E-state index is 0.838. The van der Waals surface area contributed by atoms with Gasteiger partial charge in [0.15, 0.2) is 0 Å². The predicted octanol–water partition coefficient (Wildman–Crippen LogP) is 3.59. The van der Waals surface area contributed by atoms with Gasteiger partial charge in [-0.3, -0.25) is 0 Å². The third-order valence-electron chi connectivity index (χ3n) is 2.90. The quantitative estimate of drug-likeness (QED) is 0.769. The fourth-order valence-electron chi connectivity index (χ4n) is 2.00. The van der Waals surface area contributed by atoms with E-state index in [0.29, 0.717) is 0 Å². The van der Waals surface area contributed by atoms with Gasteiger partial charge in [0, 0.05) is 24.7 Å². The smallest absolute Gasteiger partial charge is 0.106 e. The third-order valence-corrected chi connectivity index (χ3v) is 3.68. The average Bonchev–Trinajstić information content (AvgIpc) is 2.92. The minimum Gasteiger partial charge on any atom is -0.306 e. The molecule has 0 atom stereocenters. The zero-order chi connectivity index (χ0) is 12.2. The molecule has 2 nitrogen and oxygen atoms in total. The predicted molar refractivity (Wildman–Crippen MR) is 76.6 cm³/mol. The first kappa shape index (κ1) is 11.4. The number of hydrogen-bond acceptors (Lipinski definition) is 3. The molecular weight excluding hydrogens is 240 g/mol. The van der Waals surface area contributed by atoms with E-state index in [0.717, 1.165) is 18.1 Å². The number of fused-ring (bicyclic) bond motifs is 1. The second-order valence-corrected chi connectivity index (χ2v) is 5.19. The molecule has 0 aliphatic carbocycles. The molecule has 3 rings (SSSR count). The van der Waals surface area contributed by atoms with E-state index in [2.05, 4.69) is 52.8 Å². The van der Waals surface area contributed by atoms with Crippen LogP contribution < -0.4 is 5.32 Å². The Balaban J connectivity index is 1.67. The molecule has 0 amide bonds. The molecule has 0 aliphatic heterocycles. The molecule has 0 aliphatic rings. The van der Waals surface area contributed by atoms with Crippen LogP contribution in [0.2, 0.25) is 0 Å². The number of hydrogen-bond donors (Lipinski definition) is 1. The van der Waals surface area contributed by atoms with Crippen LogP contribution >= 0.6 is 11.3 Å². The van der Waals surface area contributed by atoms with Crippen LogP contribution in [-0.4, -0.2) is 4.98 Å². The van der Waals surface area contributed by atoms with Gasteiger partial charge in [0.25, 0.3) is 0 Å². The average molecular weight is 254 g/mol. The molecule has 0 saturated carbocycles. The SMILES string of the molecule is c1ccc2cc(CNCc3nccs3)ccc2c1. The molecule has 0 saturated heterocycles. The van der Waals surface area contributed by atoms with Crippen molar-refractivity contribution in [2.24, 2.45) is 0 Å². The Kier molecular flexibility index (Phi) is 3.35. The van der Waals surface area contributed by atoms with E-state index >= 15 is 0 Å². The summed E-state index contributed by atoms with van der Waals surface area (Å²) < 4.78 is 0. The van der Waals surface area contributed by atoms with Crippen molar-refractivity contribution in [2.75, 3.05) is 0 Å². The number of nitrogens with one attached hydrogen (secondary N) is 1.